The van der Waals surface area contributed by atoms with Gasteiger partial charge in [-0.3, -0.25) is 4.79 Å². The summed E-state index contributed by atoms with van der Waals surface area (Å²) in [6.45, 7) is -0.496. The molecule has 0 unspecified atom stereocenters. The van der Waals surface area contributed by atoms with Gasteiger partial charge in [0, 0.05) is 37.4 Å². The molecule has 1 heterocycles. The number of halogens is 3. The first-order valence-electron chi connectivity index (χ1n) is 8.37. The molecule has 0 radical (unpaired) electrons. The number of rotatable bonds is 4. The molecule has 1 aliphatic heterocycles. The lowest BCUT2D eigenvalue weighted by molar-refractivity contribution is -0.0499. The summed E-state index contributed by atoms with van der Waals surface area (Å²) in [4.78, 5) is 16.5. The minimum atomic E-state index is -2.93. The molecule has 138 valence electrons. The topological polar surface area (TPSA) is 32.8 Å². The Hall–Kier alpha value is -2.70. The minimum absolute atomic E-state index is 0.0337. The largest absolute Gasteiger partial charge is 0.435 e. The van der Waals surface area contributed by atoms with E-state index in [2.05, 4.69) is 9.64 Å². The summed E-state index contributed by atoms with van der Waals surface area (Å²) in [5, 5.41) is 0. The highest BCUT2D eigenvalue weighted by Crippen LogP contribution is 2.20. The second kappa shape index (κ2) is 8.12. The van der Waals surface area contributed by atoms with Gasteiger partial charge in [0.05, 0.1) is 0 Å². The van der Waals surface area contributed by atoms with Crippen molar-refractivity contribution in [3.8, 4) is 5.75 Å². The van der Waals surface area contributed by atoms with Crippen molar-refractivity contribution in [2.75, 3.05) is 31.1 Å². The number of carbonyl (C=O) groups is 1. The smallest absolute Gasteiger partial charge is 0.387 e. The van der Waals surface area contributed by atoms with E-state index in [0.29, 0.717) is 25.2 Å². The molecule has 2 aromatic carbocycles. The van der Waals surface area contributed by atoms with E-state index >= 15 is 0 Å². The number of ether oxygens (including phenoxy) is 1. The highest BCUT2D eigenvalue weighted by molar-refractivity contribution is 5.94. The summed E-state index contributed by atoms with van der Waals surface area (Å²) in [5.74, 6) is -0.537. The molecule has 1 saturated heterocycles. The van der Waals surface area contributed by atoms with Crippen LogP contribution in [0.3, 0.4) is 0 Å². The van der Waals surface area contributed by atoms with Crippen LogP contribution in [0.15, 0.2) is 48.5 Å². The van der Waals surface area contributed by atoms with Gasteiger partial charge in [0.15, 0.2) is 0 Å². The number of nitrogens with zero attached hydrogens (tertiary/aromatic N) is 2. The van der Waals surface area contributed by atoms with E-state index in [0.717, 1.165) is 18.7 Å². The van der Waals surface area contributed by atoms with Gasteiger partial charge in [-0.1, -0.05) is 6.07 Å². The minimum Gasteiger partial charge on any atom is -0.435 e. The van der Waals surface area contributed by atoms with Crippen molar-refractivity contribution in [3.63, 3.8) is 0 Å². The molecule has 2 aromatic rings. The molecular formula is C19H19F3N2O2. The maximum atomic E-state index is 13.1. The molecule has 0 saturated carbocycles. The van der Waals surface area contributed by atoms with Crippen LogP contribution < -0.4 is 9.64 Å². The number of alkyl halides is 2. The summed E-state index contributed by atoms with van der Waals surface area (Å²) in [6.07, 6.45) is 0.760. The van der Waals surface area contributed by atoms with Crippen LogP contribution in [0.2, 0.25) is 0 Å². The standard InChI is InChI=1S/C19H19F3N2O2/c20-15-5-7-16(8-6-15)23-9-2-10-24(12-11-23)18(25)14-3-1-4-17(13-14)26-19(21)22/h1,3-8,13,19H,2,9-12H2. The first-order valence-corrected chi connectivity index (χ1v) is 8.37. The van der Waals surface area contributed by atoms with Crippen LogP contribution in [0, 0.1) is 5.82 Å². The van der Waals surface area contributed by atoms with Gasteiger partial charge in [-0.15, -0.1) is 0 Å². The number of carbonyl (C=O) groups excluding carboxylic acids is 1. The van der Waals surface area contributed by atoms with E-state index in [4.69, 9.17) is 0 Å². The van der Waals surface area contributed by atoms with E-state index in [1.54, 1.807) is 23.1 Å². The van der Waals surface area contributed by atoms with Crippen molar-refractivity contribution >= 4 is 11.6 Å². The van der Waals surface area contributed by atoms with Crippen LogP contribution in [0.4, 0.5) is 18.9 Å². The summed E-state index contributed by atoms with van der Waals surface area (Å²) in [7, 11) is 0. The van der Waals surface area contributed by atoms with Gasteiger partial charge < -0.3 is 14.5 Å². The Morgan fingerprint density at radius 1 is 1.00 bits per heavy atom. The lowest BCUT2D eigenvalue weighted by atomic mass is 10.2. The van der Waals surface area contributed by atoms with Crippen molar-refractivity contribution in [3.05, 3.63) is 59.9 Å². The SMILES string of the molecule is O=C(c1cccc(OC(F)F)c1)N1CCCN(c2ccc(F)cc2)CC1. The van der Waals surface area contributed by atoms with Crippen molar-refractivity contribution in [1.82, 2.24) is 4.90 Å². The van der Waals surface area contributed by atoms with Crippen LogP contribution in [0.25, 0.3) is 0 Å². The van der Waals surface area contributed by atoms with Crippen LogP contribution in [0.1, 0.15) is 16.8 Å². The van der Waals surface area contributed by atoms with Gasteiger partial charge in [0.2, 0.25) is 0 Å². The molecule has 1 fully saturated rings. The van der Waals surface area contributed by atoms with Gasteiger partial charge in [-0.05, 0) is 48.9 Å². The third kappa shape index (κ3) is 4.47. The molecule has 0 bridgehead atoms. The highest BCUT2D eigenvalue weighted by atomic mass is 19.3. The van der Waals surface area contributed by atoms with Gasteiger partial charge in [-0.25, -0.2) is 4.39 Å². The van der Waals surface area contributed by atoms with E-state index in [-0.39, 0.29) is 17.5 Å². The predicted molar refractivity (Wildman–Crippen MR) is 92.2 cm³/mol. The van der Waals surface area contributed by atoms with Crippen LogP contribution in [-0.4, -0.2) is 43.6 Å². The zero-order valence-electron chi connectivity index (χ0n) is 14.1. The monoisotopic (exact) mass is 364 g/mol. The van der Waals surface area contributed by atoms with E-state index in [9.17, 15) is 18.0 Å². The van der Waals surface area contributed by atoms with E-state index in [1.165, 1.54) is 30.3 Å². The fourth-order valence-corrected chi connectivity index (χ4v) is 3.02. The Kier molecular flexibility index (Phi) is 5.65. The highest BCUT2D eigenvalue weighted by Gasteiger charge is 2.21. The molecule has 0 aliphatic carbocycles. The molecule has 7 heteroatoms. The molecule has 0 spiro atoms. The van der Waals surface area contributed by atoms with Crippen LogP contribution >= 0.6 is 0 Å². The molecule has 3 rings (SSSR count). The number of hydrogen-bond donors (Lipinski definition) is 0. The van der Waals surface area contributed by atoms with Crippen LogP contribution in [-0.2, 0) is 0 Å². The number of anilines is 1. The van der Waals surface area contributed by atoms with Crippen molar-refractivity contribution in [2.24, 2.45) is 0 Å². The normalized spacial score (nSPS) is 15.1. The average Bonchev–Trinajstić information content (AvgIpc) is 2.87. The Balaban J connectivity index is 1.67. The molecule has 4 nitrogen and oxygen atoms in total. The molecule has 0 N–H and O–H groups in total. The Morgan fingerprint density at radius 2 is 1.77 bits per heavy atom. The predicted octanol–water partition coefficient (Wildman–Crippen LogP) is 3.78. The van der Waals surface area contributed by atoms with E-state index < -0.39 is 6.61 Å². The second-order valence-corrected chi connectivity index (χ2v) is 6.02. The van der Waals surface area contributed by atoms with Crippen molar-refractivity contribution in [2.45, 2.75) is 13.0 Å². The lowest BCUT2D eigenvalue weighted by Crippen LogP contribution is -2.35. The maximum Gasteiger partial charge on any atom is 0.387 e. The summed E-state index contributed by atoms with van der Waals surface area (Å²) in [5.41, 5.74) is 1.23. The molecule has 0 aromatic heterocycles. The fraction of sp³-hybridized carbons (Fsp3) is 0.316. The first-order chi connectivity index (χ1) is 12.5. The molecule has 0 atom stereocenters. The van der Waals surface area contributed by atoms with E-state index in [1.807, 2.05) is 0 Å². The fourth-order valence-electron chi connectivity index (χ4n) is 3.02. The third-order valence-electron chi connectivity index (χ3n) is 4.28. The Morgan fingerprint density at radius 3 is 2.50 bits per heavy atom. The Labute approximate surface area is 149 Å². The van der Waals surface area contributed by atoms with Crippen molar-refractivity contribution < 1.29 is 22.7 Å². The second-order valence-electron chi connectivity index (χ2n) is 6.02. The zero-order chi connectivity index (χ0) is 18.5. The number of hydrogen-bond acceptors (Lipinski definition) is 3. The molecular weight excluding hydrogens is 345 g/mol. The lowest BCUT2D eigenvalue weighted by Gasteiger charge is -2.24. The summed E-state index contributed by atoms with van der Waals surface area (Å²) < 4.78 is 42.1. The van der Waals surface area contributed by atoms with Crippen LogP contribution in [0.5, 0.6) is 5.75 Å². The van der Waals surface area contributed by atoms with Crippen molar-refractivity contribution in [1.29, 1.82) is 0 Å². The average molecular weight is 364 g/mol. The van der Waals surface area contributed by atoms with Gasteiger partial charge in [-0.2, -0.15) is 8.78 Å². The van der Waals surface area contributed by atoms with Gasteiger partial charge in [0.1, 0.15) is 11.6 Å². The quantitative estimate of drug-likeness (QED) is 0.828. The Bertz CT molecular complexity index is 753. The zero-order valence-corrected chi connectivity index (χ0v) is 14.1. The molecule has 1 aliphatic rings. The maximum absolute atomic E-state index is 13.1. The first kappa shape index (κ1) is 18.1. The number of benzene rings is 2. The van der Waals surface area contributed by atoms with Gasteiger partial charge >= 0.3 is 6.61 Å². The molecule has 26 heavy (non-hydrogen) atoms. The summed E-state index contributed by atoms with van der Waals surface area (Å²) in [6, 6.07) is 12.1. The van der Waals surface area contributed by atoms with Gasteiger partial charge in [0.25, 0.3) is 5.91 Å². The number of amides is 1. The third-order valence-corrected chi connectivity index (χ3v) is 4.28. The molecule has 1 amide bonds. The summed E-state index contributed by atoms with van der Waals surface area (Å²) >= 11 is 0.